The van der Waals surface area contributed by atoms with Crippen LogP contribution in [0.2, 0.25) is 5.02 Å². The Hall–Kier alpha value is -2.47. The largest absolute Gasteiger partial charge is 0.331 e. The van der Waals surface area contributed by atoms with E-state index in [2.05, 4.69) is 10.1 Å². The van der Waals surface area contributed by atoms with Crippen molar-refractivity contribution >= 4 is 28.5 Å². The first kappa shape index (κ1) is 18.9. The summed E-state index contributed by atoms with van der Waals surface area (Å²) in [6.07, 6.45) is 3.56. The third kappa shape index (κ3) is 3.37. The first-order chi connectivity index (χ1) is 13.4. The van der Waals surface area contributed by atoms with E-state index in [0.717, 1.165) is 23.9 Å². The van der Waals surface area contributed by atoms with E-state index in [0.29, 0.717) is 21.8 Å². The fourth-order valence-corrected chi connectivity index (χ4v) is 3.64. The maximum Gasteiger partial charge on any atom is 0.256 e. The van der Waals surface area contributed by atoms with Crippen molar-refractivity contribution in [2.45, 2.75) is 52.2 Å². The van der Waals surface area contributed by atoms with E-state index in [1.54, 1.807) is 23.2 Å². The average molecular weight is 401 g/mol. The molecule has 1 aliphatic carbocycles. The first-order valence-corrected chi connectivity index (χ1v) is 9.83. The molecule has 1 amide bonds. The van der Waals surface area contributed by atoms with Gasteiger partial charge in [-0.2, -0.15) is 5.10 Å². The summed E-state index contributed by atoms with van der Waals surface area (Å²) in [5.41, 5.74) is 2.28. The molecule has 0 radical (unpaired) electrons. The quantitative estimate of drug-likeness (QED) is 0.611. The highest BCUT2D eigenvalue weighted by atomic mass is 35.5. The highest BCUT2D eigenvalue weighted by Gasteiger charge is 2.35. The molecule has 0 aliphatic heterocycles. The summed E-state index contributed by atoms with van der Waals surface area (Å²) >= 11 is 6.19. The molecule has 0 bridgehead atoms. The van der Waals surface area contributed by atoms with Crippen LogP contribution in [0, 0.1) is 12.7 Å². The van der Waals surface area contributed by atoms with E-state index >= 15 is 0 Å². The summed E-state index contributed by atoms with van der Waals surface area (Å²) in [5, 5.41) is 5.54. The van der Waals surface area contributed by atoms with Crippen LogP contribution in [0.3, 0.4) is 0 Å². The topological polar surface area (TPSA) is 51.0 Å². The minimum Gasteiger partial charge on any atom is -0.331 e. The normalized spacial score (nSPS) is 14.1. The Morgan fingerprint density at radius 1 is 1.39 bits per heavy atom. The molecule has 7 heteroatoms. The van der Waals surface area contributed by atoms with Crippen molar-refractivity contribution in [1.82, 2.24) is 19.7 Å². The van der Waals surface area contributed by atoms with Crippen LogP contribution >= 0.6 is 11.6 Å². The van der Waals surface area contributed by atoms with E-state index in [4.69, 9.17) is 11.6 Å². The van der Waals surface area contributed by atoms with Crippen molar-refractivity contribution in [3.8, 4) is 0 Å². The Labute approximate surface area is 168 Å². The molecule has 0 unspecified atom stereocenters. The summed E-state index contributed by atoms with van der Waals surface area (Å²) in [6.45, 7) is 6.05. The van der Waals surface area contributed by atoms with Gasteiger partial charge in [-0.15, -0.1) is 0 Å². The lowest BCUT2D eigenvalue weighted by atomic mass is 10.1. The van der Waals surface area contributed by atoms with E-state index in [-0.39, 0.29) is 24.5 Å². The second kappa shape index (κ2) is 7.17. The van der Waals surface area contributed by atoms with Crippen LogP contribution in [0.5, 0.6) is 0 Å². The summed E-state index contributed by atoms with van der Waals surface area (Å²) in [6, 6.07) is 6.71. The molecule has 1 saturated carbocycles. The molecule has 0 atom stereocenters. The summed E-state index contributed by atoms with van der Waals surface area (Å²) in [4.78, 5) is 19.7. The number of carbonyl (C=O) groups excluding carboxylic acids is 1. The molecule has 1 aromatic carbocycles. The molecule has 1 aliphatic rings. The van der Waals surface area contributed by atoms with Crippen molar-refractivity contribution in [2.24, 2.45) is 0 Å². The second-order valence-electron chi connectivity index (χ2n) is 7.58. The summed E-state index contributed by atoms with van der Waals surface area (Å²) in [5.74, 6) is -0.541. The number of hydrogen-bond donors (Lipinski definition) is 0. The van der Waals surface area contributed by atoms with Gasteiger partial charge in [-0.1, -0.05) is 17.7 Å². The monoisotopic (exact) mass is 400 g/mol. The number of aromatic nitrogens is 3. The number of hydrogen-bond acceptors (Lipinski definition) is 3. The SMILES string of the molecule is Cc1nc2c(cnn2C(C)C)cc1C(=O)N(Cc1c(F)cccc1Cl)C1CC1. The van der Waals surface area contributed by atoms with Crippen molar-refractivity contribution in [2.75, 3.05) is 0 Å². The van der Waals surface area contributed by atoms with E-state index in [1.807, 2.05) is 31.5 Å². The zero-order valence-corrected chi connectivity index (χ0v) is 16.9. The maximum atomic E-state index is 14.3. The molecular formula is C21H22ClFN4O. The molecule has 2 aromatic heterocycles. The summed E-state index contributed by atoms with van der Waals surface area (Å²) in [7, 11) is 0. The number of benzene rings is 1. The molecule has 0 N–H and O–H groups in total. The van der Waals surface area contributed by atoms with Gasteiger partial charge in [0.15, 0.2) is 5.65 Å². The predicted molar refractivity (Wildman–Crippen MR) is 107 cm³/mol. The second-order valence-corrected chi connectivity index (χ2v) is 7.99. The number of carbonyl (C=O) groups is 1. The maximum absolute atomic E-state index is 14.3. The molecular weight excluding hydrogens is 379 g/mol. The van der Waals surface area contributed by atoms with Gasteiger partial charge in [-0.25, -0.2) is 14.1 Å². The predicted octanol–water partition coefficient (Wildman–Crippen LogP) is 4.92. The highest BCUT2D eigenvalue weighted by Crippen LogP contribution is 2.33. The van der Waals surface area contributed by atoms with Gasteiger partial charge in [0.05, 0.1) is 24.0 Å². The number of halogens is 2. The number of pyridine rings is 1. The molecule has 3 aromatic rings. The van der Waals surface area contributed by atoms with Gasteiger partial charge in [0.25, 0.3) is 5.91 Å². The molecule has 4 rings (SSSR count). The van der Waals surface area contributed by atoms with Gasteiger partial charge in [0, 0.05) is 28.1 Å². The Bertz CT molecular complexity index is 1040. The van der Waals surface area contributed by atoms with Gasteiger partial charge in [0.2, 0.25) is 0 Å². The third-order valence-corrected chi connectivity index (χ3v) is 5.47. The van der Waals surface area contributed by atoms with Gasteiger partial charge in [-0.05, 0) is 51.8 Å². The Kier molecular flexibility index (Phi) is 4.83. The van der Waals surface area contributed by atoms with E-state index in [1.165, 1.54) is 6.07 Å². The highest BCUT2D eigenvalue weighted by molar-refractivity contribution is 6.31. The molecule has 28 heavy (non-hydrogen) atoms. The lowest BCUT2D eigenvalue weighted by molar-refractivity contribution is 0.0727. The van der Waals surface area contributed by atoms with Crippen molar-refractivity contribution < 1.29 is 9.18 Å². The smallest absolute Gasteiger partial charge is 0.256 e. The van der Waals surface area contributed by atoms with Crippen LogP contribution in [0.4, 0.5) is 4.39 Å². The van der Waals surface area contributed by atoms with Gasteiger partial charge < -0.3 is 4.90 Å². The van der Waals surface area contributed by atoms with E-state index in [9.17, 15) is 9.18 Å². The number of aryl methyl sites for hydroxylation is 1. The molecule has 1 fully saturated rings. The molecule has 146 valence electrons. The van der Waals surface area contributed by atoms with Crippen LogP contribution < -0.4 is 0 Å². The Morgan fingerprint density at radius 3 is 2.79 bits per heavy atom. The van der Waals surface area contributed by atoms with Crippen LogP contribution in [0.25, 0.3) is 11.0 Å². The summed E-state index contributed by atoms with van der Waals surface area (Å²) < 4.78 is 16.1. The fraction of sp³-hybridized carbons (Fsp3) is 0.381. The van der Waals surface area contributed by atoms with Crippen molar-refractivity contribution in [1.29, 1.82) is 0 Å². The number of rotatable bonds is 5. The Morgan fingerprint density at radius 2 is 2.14 bits per heavy atom. The third-order valence-electron chi connectivity index (χ3n) is 5.12. The molecule has 0 saturated heterocycles. The van der Waals surface area contributed by atoms with Crippen LogP contribution in [-0.2, 0) is 6.54 Å². The number of amides is 1. The molecule has 0 spiro atoms. The van der Waals surface area contributed by atoms with Gasteiger partial charge in [0.1, 0.15) is 5.82 Å². The zero-order valence-electron chi connectivity index (χ0n) is 16.1. The first-order valence-electron chi connectivity index (χ1n) is 9.45. The van der Waals surface area contributed by atoms with Gasteiger partial charge in [-0.3, -0.25) is 4.79 Å². The lowest BCUT2D eigenvalue weighted by Crippen LogP contribution is -2.33. The van der Waals surface area contributed by atoms with Crippen LogP contribution in [0.1, 0.15) is 54.3 Å². The minimum absolute atomic E-state index is 0.108. The van der Waals surface area contributed by atoms with Crippen LogP contribution in [-0.4, -0.2) is 31.6 Å². The average Bonchev–Trinajstić information content (AvgIpc) is 3.39. The van der Waals surface area contributed by atoms with Crippen molar-refractivity contribution in [3.05, 3.63) is 58.1 Å². The zero-order chi connectivity index (χ0) is 20.0. The minimum atomic E-state index is -0.394. The molecule has 2 heterocycles. The Balaban J connectivity index is 1.71. The van der Waals surface area contributed by atoms with E-state index < -0.39 is 5.82 Å². The number of nitrogens with zero attached hydrogens (tertiary/aromatic N) is 4. The standard InChI is InChI=1S/C21H22ClFN4O/c1-12(2)27-20-14(10-24-27)9-16(13(3)25-20)21(28)26(15-7-8-15)11-17-18(22)5-4-6-19(17)23/h4-6,9-10,12,15H,7-8,11H2,1-3H3. The van der Waals surface area contributed by atoms with Crippen molar-refractivity contribution in [3.63, 3.8) is 0 Å². The molecule has 5 nitrogen and oxygen atoms in total. The lowest BCUT2D eigenvalue weighted by Gasteiger charge is -2.24. The van der Waals surface area contributed by atoms with Crippen LogP contribution in [0.15, 0.2) is 30.5 Å². The fourth-order valence-electron chi connectivity index (χ4n) is 3.42. The van der Waals surface area contributed by atoms with Gasteiger partial charge >= 0.3 is 0 Å². The number of fused-ring (bicyclic) bond motifs is 1.